The van der Waals surface area contributed by atoms with Crippen LogP contribution in [0.3, 0.4) is 0 Å². The summed E-state index contributed by atoms with van der Waals surface area (Å²) in [5.41, 5.74) is 7.46. The molecule has 1 spiro atoms. The molecule has 2 aliphatic rings. The number of ketones is 1. The molecular formula is C28H35ClF3N5O3. The van der Waals surface area contributed by atoms with Gasteiger partial charge < -0.3 is 20.5 Å². The first-order valence-electron chi connectivity index (χ1n) is 13.3. The molecule has 12 heteroatoms. The first-order valence-corrected chi connectivity index (χ1v) is 13.7. The van der Waals surface area contributed by atoms with Gasteiger partial charge in [0.05, 0.1) is 34.5 Å². The lowest BCUT2D eigenvalue weighted by Crippen LogP contribution is -2.78. The second kappa shape index (κ2) is 11.5. The molecular weight excluding hydrogens is 547 g/mol. The summed E-state index contributed by atoms with van der Waals surface area (Å²) in [4.78, 5) is 25.5. The fraction of sp³-hybridized carbons (Fsp3) is 0.536. The van der Waals surface area contributed by atoms with Crippen molar-refractivity contribution >= 4 is 28.8 Å². The van der Waals surface area contributed by atoms with E-state index in [4.69, 9.17) is 32.0 Å². The zero-order chi connectivity index (χ0) is 29.4. The monoisotopic (exact) mass is 581 g/mol. The Bertz CT molecular complexity index is 1310. The molecule has 4 rings (SSSR count). The highest BCUT2D eigenvalue weighted by Crippen LogP contribution is 2.44. The smallest absolute Gasteiger partial charge is 0.401 e. The predicted molar refractivity (Wildman–Crippen MR) is 148 cm³/mol. The van der Waals surface area contributed by atoms with Crippen molar-refractivity contribution in [3.8, 4) is 17.1 Å². The quantitative estimate of drug-likeness (QED) is 0.387. The number of rotatable bonds is 10. The molecule has 2 saturated heterocycles. The highest BCUT2D eigenvalue weighted by atomic mass is 35.5. The molecule has 0 aliphatic carbocycles. The number of ether oxygens (including phenoxy) is 1. The van der Waals surface area contributed by atoms with Crippen LogP contribution in [-0.2, 0) is 4.79 Å². The van der Waals surface area contributed by atoms with E-state index in [1.807, 2.05) is 11.8 Å². The third-order valence-electron chi connectivity index (χ3n) is 7.50. The number of alkyl halides is 3. The lowest BCUT2D eigenvalue weighted by Gasteiger charge is -2.63. The van der Waals surface area contributed by atoms with Gasteiger partial charge in [-0.2, -0.15) is 13.2 Å². The fourth-order valence-electron chi connectivity index (χ4n) is 5.40. The zero-order valence-electron chi connectivity index (χ0n) is 23.1. The van der Waals surface area contributed by atoms with Crippen LogP contribution in [0.1, 0.15) is 51.3 Å². The van der Waals surface area contributed by atoms with Crippen molar-refractivity contribution in [2.75, 3.05) is 37.7 Å². The number of aliphatic hydroxyl groups is 1. The number of Topliss-reactive ketones (excluding diaryl/α,β-unsaturated/α-hetero) is 1. The summed E-state index contributed by atoms with van der Waals surface area (Å²) in [5.74, 6) is 0.911. The lowest BCUT2D eigenvalue weighted by molar-refractivity contribution is -0.182. The number of hydrogen-bond donors (Lipinski definition) is 2. The van der Waals surface area contributed by atoms with Crippen LogP contribution in [0.15, 0.2) is 23.9 Å². The normalized spacial score (nSPS) is 18.2. The van der Waals surface area contributed by atoms with Crippen LogP contribution < -0.4 is 15.4 Å². The number of likely N-dealkylation sites (tertiary alicyclic amines) is 1. The van der Waals surface area contributed by atoms with E-state index >= 15 is 0 Å². The Kier molecular flexibility index (Phi) is 8.68. The molecule has 1 aromatic heterocycles. The summed E-state index contributed by atoms with van der Waals surface area (Å²) in [5, 5.41) is 10.4. The van der Waals surface area contributed by atoms with Crippen molar-refractivity contribution in [3.05, 3.63) is 40.2 Å². The minimum absolute atomic E-state index is 0.105. The maximum atomic E-state index is 13.1. The molecule has 2 fully saturated rings. The molecule has 218 valence electrons. The molecule has 0 saturated carbocycles. The van der Waals surface area contributed by atoms with E-state index in [9.17, 15) is 23.1 Å². The van der Waals surface area contributed by atoms with Crippen LogP contribution in [0.4, 0.5) is 19.0 Å². The van der Waals surface area contributed by atoms with Crippen LogP contribution in [-0.4, -0.2) is 76.4 Å². The Morgan fingerprint density at radius 2 is 1.98 bits per heavy atom. The van der Waals surface area contributed by atoms with Gasteiger partial charge >= 0.3 is 6.18 Å². The summed E-state index contributed by atoms with van der Waals surface area (Å²) in [6, 6.07) is 4.98. The third-order valence-corrected chi connectivity index (χ3v) is 7.83. The first-order chi connectivity index (χ1) is 18.7. The molecule has 0 radical (unpaired) electrons. The predicted octanol–water partition coefficient (Wildman–Crippen LogP) is 4.75. The van der Waals surface area contributed by atoms with Crippen LogP contribution >= 0.6 is 11.6 Å². The molecule has 0 amide bonds. The highest BCUT2D eigenvalue weighted by molar-refractivity contribution is 6.33. The van der Waals surface area contributed by atoms with Gasteiger partial charge in [-0.05, 0) is 51.8 Å². The van der Waals surface area contributed by atoms with Crippen molar-refractivity contribution in [1.29, 1.82) is 0 Å². The minimum Gasteiger partial charge on any atom is -0.491 e. The van der Waals surface area contributed by atoms with Gasteiger partial charge in [-0.25, -0.2) is 9.97 Å². The summed E-state index contributed by atoms with van der Waals surface area (Å²) in [7, 11) is 0. The second-order valence-electron chi connectivity index (χ2n) is 10.7. The average Bonchev–Trinajstić information content (AvgIpc) is 2.82. The van der Waals surface area contributed by atoms with Gasteiger partial charge in [0.25, 0.3) is 0 Å². The van der Waals surface area contributed by atoms with Crippen LogP contribution in [0.2, 0.25) is 5.02 Å². The fourth-order valence-corrected chi connectivity index (χ4v) is 5.61. The average molecular weight is 582 g/mol. The second-order valence-corrected chi connectivity index (χ2v) is 11.1. The van der Waals surface area contributed by atoms with Crippen molar-refractivity contribution < 1.29 is 27.8 Å². The van der Waals surface area contributed by atoms with Crippen LogP contribution in [0.25, 0.3) is 17.0 Å². The minimum atomic E-state index is -4.27. The zero-order valence-corrected chi connectivity index (χ0v) is 23.9. The Morgan fingerprint density at radius 1 is 1.27 bits per heavy atom. The molecule has 3 N–H and O–H groups in total. The number of aromatic nitrogens is 2. The van der Waals surface area contributed by atoms with E-state index < -0.39 is 24.4 Å². The largest absolute Gasteiger partial charge is 0.491 e. The van der Waals surface area contributed by atoms with Gasteiger partial charge in [0, 0.05) is 36.5 Å². The van der Waals surface area contributed by atoms with E-state index in [-0.39, 0.29) is 29.5 Å². The number of carbonyl (C=O) groups is 1. The van der Waals surface area contributed by atoms with Crippen LogP contribution in [0.5, 0.6) is 5.75 Å². The number of anilines is 1. The van der Waals surface area contributed by atoms with Crippen molar-refractivity contribution in [2.45, 2.75) is 64.8 Å². The molecule has 2 aromatic rings. The number of carbonyl (C=O) groups excluding carboxylic acids is 1. The number of nitrogens with two attached hydrogens (primary N) is 1. The maximum absolute atomic E-state index is 13.1. The van der Waals surface area contributed by atoms with Crippen molar-refractivity contribution in [1.82, 2.24) is 14.9 Å². The number of allylic oxidation sites excluding steroid dienone is 2. The molecule has 8 nitrogen and oxygen atoms in total. The van der Waals surface area contributed by atoms with Gasteiger partial charge in [0.2, 0.25) is 0 Å². The summed E-state index contributed by atoms with van der Waals surface area (Å²) >= 11 is 6.56. The van der Waals surface area contributed by atoms with Crippen molar-refractivity contribution in [2.24, 2.45) is 5.73 Å². The Morgan fingerprint density at radius 3 is 2.52 bits per heavy atom. The SMILES string of the molecule is CCC[C@@H](O)COc1ccc(Cl)c(-c2nc(C(C(C)=O)=C(C)N)c(C)c(N3CC4(CCN4CC(F)(F)F)C3)n2)c1. The van der Waals surface area contributed by atoms with Gasteiger partial charge in [0.15, 0.2) is 11.6 Å². The number of hydrogen-bond acceptors (Lipinski definition) is 8. The van der Waals surface area contributed by atoms with Gasteiger partial charge in [-0.3, -0.25) is 9.69 Å². The number of aliphatic hydroxyl groups excluding tert-OH is 1. The summed E-state index contributed by atoms with van der Waals surface area (Å²) in [6.45, 7) is 7.05. The standard InChI is InChI=1S/C28H35ClF3N5O3/c1-5-6-19(39)12-40-20-7-8-22(29)21(11-20)25-34-24(23(17(3)33)18(4)38)16(2)26(35-25)36-13-27(14-36)9-10-37(27)15-28(30,31)32/h7-8,11,19,39H,5-6,9-10,12-15,33H2,1-4H3/t19-/m1/s1. The van der Waals surface area contributed by atoms with Crippen LogP contribution in [0, 0.1) is 6.92 Å². The number of halogens is 4. The van der Waals surface area contributed by atoms with E-state index in [1.54, 1.807) is 32.0 Å². The molecule has 0 unspecified atom stereocenters. The molecule has 3 heterocycles. The maximum Gasteiger partial charge on any atom is 0.401 e. The summed E-state index contributed by atoms with van der Waals surface area (Å²) < 4.78 is 45.1. The van der Waals surface area contributed by atoms with E-state index in [2.05, 4.69) is 0 Å². The van der Waals surface area contributed by atoms with E-state index in [0.29, 0.717) is 65.9 Å². The van der Waals surface area contributed by atoms with E-state index in [1.165, 1.54) is 11.8 Å². The van der Waals surface area contributed by atoms with Gasteiger partial charge in [-0.15, -0.1) is 0 Å². The van der Waals surface area contributed by atoms with E-state index in [0.717, 1.165) is 6.42 Å². The number of nitrogens with zero attached hydrogens (tertiary/aromatic N) is 4. The molecule has 0 bridgehead atoms. The molecule has 1 atom stereocenters. The van der Waals surface area contributed by atoms with Gasteiger partial charge in [0.1, 0.15) is 18.2 Å². The molecule has 40 heavy (non-hydrogen) atoms. The molecule has 2 aliphatic heterocycles. The Hall–Kier alpha value is -2.89. The van der Waals surface area contributed by atoms with Crippen molar-refractivity contribution in [3.63, 3.8) is 0 Å². The Balaban J connectivity index is 1.73. The third kappa shape index (κ3) is 6.21. The highest BCUT2D eigenvalue weighted by Gasteiger charge is 2.56. The lowest BCUT2D eigenvalue weighted by atomic mass is 9.77. The van der Waals surface area contributed by atoms with Gasteiger partial charge in [-0.1, -0.05) is 24.9 Å². The Labute approximate surface area is 237 Å². The number of benzene rings is 1. The first kappa shape index (κ1) is 30.1. The molecule has 1 aromatic carbocycles. The summed E-state index contributed by atoms with van der Waals surface area (Å²) in [6.07, 6.45) is -2.80. The topological polar surface area (TPSA) is 105 Å².